The molecule has 0 atom stereocenters. The van der Waals surface area contributed by atoms with Crippen LogP contribution in [0.15, 0.2) is 33.7 Å². The van der Waals surface area contributed by atoms with Crippen molar-refractivity contribution >= 4 is 32.8 Å². The third kappa shape index (κ3) is 2.24. The quantitative estimate of drug-likeness (QED) is 0.866. The number of hydrogen-bond acceptors (Lipinski definition) is 3. The Bertz CT molecular complexity index is 633. The third-order valence-electron chi connectivity index (χ3n) is 2.35. The molecule has 0 unspecified atom stereocenters. The van der Waals surface area contributed by atoms with Crippen molar-refractivity contribution in [3.63, 3.8) is 0 Å². The number of pyridine rings is 1. The smallest absolute Gasteiger partial charge is 0.338 e. The summed E-state index contributed by atoms with van der Waals surface area (Å²) in [4.78, 5) is 26.2. The van der Waals surface area contributed by atoms with Crippen molar-refractivity contribution in [3.8, 4) is 0 Å². The number of fused-ring (bicyclic) bond motifs is 1. The first-order chi connectivity index (χ1) is 8.13. The van der Waals surface area contributed by atoms with Crippen molar-refractivity contribution in [1.82, 2.24) is 4.98 Å². The maximum absolute atomic E-state index is 11.8. The van der Waals surface area contributed by atoms with Gasteiger partial charge in [0.1, 0.15) is 0 Å². The van der Waals surface area contributed by atoms with Crippen LogP contribution < -0.4 is 5.43 Å². The Labute approximate surface area is 106 Å². The number of benzene rings is 1. The van der Waals surface area contributed by atoms with E-state index < -0.39 is 5.97 Å². The molecule has 2 aromatic rings. The SMILES string of the molecule is CCOC(=O)c1ccc2c(=O)c(Br)c[nH]c2c1. The Balaban J connectivity index is 2.56. The van der Waals surface area contributed by atoms with Crippen LogP contribution in [0.3, 0.4) is 0 Å². The van der Waals surface area contributed by atoms with E-state index in [4.69, 9.17) is 4.74 Å². The second-order valence-electron chi connectivity index (χ2n) is 3.45. The monoisotopic (exact) mass is 295 g/mol. The zero-order valence-corrected chi connectivity index (χ0v) is 10.7. The van der Waals surface area contributed by atoms with Crippen LogP contribution >= 0.6 is 15.9 Å². The summed E-state index contributed by atoms with van der Waals surface area (Å²) in [7, 11) is 0. The number of carbonyl (C=O) groups excluding carboxylic acids is 1. The number of esters is 1. The molecule has 1 aromatic heterocycles. The molecular weight excluding hydrogens is 286 g/mol. The number of nitrogens with one attached hydrogen (secondary N) is 1. The summed E-state index contributed by atoms with van der Waals surface area (Å²) < 4.78 is 5.36. The molecule has 0 saturated carbocycles. The van der Waals surface area contributed by atoms with Crippen LogP contribution in [0.2, 0.25) is 0 Å². The molecule has 4 nitrogen and oxygen atoms in total. The number of aromatic nitrogens is 1. The van der Waals surface area contributed by atoms with Crippen molar-refractivity contribution in [2.45, 2.75) is 6.92 Å². The molecule has 0 bridgehead atoms. The number of hydrogen-bond donors (Lipinski definition) is 1. The Hall–Kier alpha value is -1.62. The van der Waals surface area contributed by atoms with Crippen LogP contribution in [0.5, 0.6) is 0 Å². The van der Waals surface area contributed by atoms with Crippen LogP contribution in [-0.2, 0) is 4.74 Å². The van der Waals surface area contributed by atoms with Crippen molar-refractivity contribution in [2.24, 2.45) is 0 Å². The summed E-state index contributed by atoms with van der Waals surface area (Å²) in [6.07, 6.45) is 1.56. The molecule has 0 aliphatic rings. The predicted molar refractivity (Wildman–Crippen MR) is 68.2 cm³/mol. The van der Waals surface area contributed by atoms with E-state index >= 15 is 0 Å². The number of carbonyl (C=O) groups is 1. The Kier molecular flexibility index (Phi) is 3.28. The van der Waals surface area contributed by atoms with Crippen LogP contribution in [0, 0.1) is 0 Å². The van der Waals surface area contributed by atoms with Crippen molar-refractivity contribution in [2.75, 3.05) is 6.61 Å². The first-order valence-electron chi connectivity index (χ1n) is 5.11. The summed E-state index contributed by atoms with van der Waals surface area (Å²) in [5.74, 6) is -0.391. The number of halogens is 1. The van der Waals surface area contributed by atoms with Gasteiger partial charge in [-0.05, 0) is 41.1 Å². The molecule has 1 N–H and O–H groups in total. The molecular formula is C12H10BrNO3. The molecule has 1 aromatic carbocycles. The van der Waals surface area contributed by atoms with E-state index in [-0.39, 0.29) is 5.43 Å². The van der Waals surface area contributed by atoms with Crippen LogP contribution in [-0.4, -0.2) is 17.6 Å². The Morgan fingerprint density at radius 3 is 2.94 bits per heavy atom. The average molecular weight is 296 g/mol. The second kappa shape index (κ2) is 4.71. The van der Waals surface area contributed by atoms with Gasteiger partial charge >= 0.3 is 5.97 Å². The summed E-state index contributed by atoms with van der Waals surface area (Å²) in [6, 6.07) is 4.81. The van der Waals surface area contributed by atoms with Gasteiger partial charge in [-0.15, -0.1) is 0 Å². The van der Waals surface area contributed by atoms with Gasteiger partial charge < -0.3 is 9.72 Å². The maximum Gasteiger partial charge on any atom is 0.338 e. The molecule has 0 saturated heterocycles. The highest BCUT2D eigenvalue weighted by atomic mass is 79.9. The second-order valence-corrected chi connectivity index (χ2v) is 4.30. The molecule has 0 radical (unpaired) electrons. The first-order valence-corrected chi connectivity index (χ1v) is 5.91. The van der Waals surface area contributed by atoms with Crippen LogP contribution in [0.1, 0.15) is 17.3 Å². The molecule has 0 amide bonds. The minimum Gasteiger partial charge on any atom is -0.462 e. The van der Waals surface area contributed by atoms with Gasteiger partial charge in [0.2, 0.25) is 5.43 Å². The number of rotatable bonds is 2. The minimum absolute atomic E-state index is 0.103. The number of H-pyrrole nitrogens is 1. The Morgan fingerprint density at radius 1 is 1.47 bits per heavy atom. The van der Waals surface area contributed by atoms with Gasteiger partial charge in [-0.1, -0.05) is 0 Å². The van der Waals surface area contributed by atoms with Gasteiger partial charge in [0.25, 0.3) is 0 Å². The van der Waals surface area contributed by atoms with E-state index in [0.717, 1.165) is 0 Å². The minimum atomic E-state index is -0.391. The fourth-order valence-electron chi connectivity index (χ4n) is 1.54. The van der Waals surface area contributed by atoms with Crippen LogP contribution in [0.4, 0.5) is 0 Å². The summed E-state index contributed by atoms with van der Waals surface area (Å²) in [5, 5.41) is 0.535. The van der Waals surface area contributed by atoms with Crippen LogP contribution in [0.25, 0.3) is 10.9 Å². The van der Waals surface area contributed by atoms with Gasteiger partial charge in [0, 0.05) is 11.6 Å². The lowest BCUT2D eigenvalue weighted by atomic mass is 10.1. The molecule has 5 heteroatoms. The van der Waals surface area contributed by atoms with Gasteiger partial charge in [-0.2, -0.15) is 0 Å². The predicted octanol–water partition coefficient (Wildman–Crippen LogP) is 2.47. The molecule has 1 heterocycles. The fourth-order valence-corrected chi connectivity index (χ4v) is 1.87. The van der Waals surface area contributed by atoms with Crippen molar-refractivity contribution in [1.29, 1.82) is 0 Å². The van der Waals surface area contributed by atoms with E-state index in [9.17, 15) is 9.59 Å². The lowest BCUT2D eigenvalue weighted by molar-refractivity contribution is 0.0526. The first kappa shape index (κ1) is 11.9. The lowest BCUT2D eigenvalue weighted by Crippen LogP contribution is -2.07. The Morgan fingerprint density at radius 2 is 2.24 bits per heavy atom. The third-order valence-corrected chi connectivity index (χ3v) is 2.94. The van der Waals surface area contributed by atoms with Gasteiger partial charge in [-0.3, -0.25) is 4.79 Å². The van der Waals surface area contributed by atoms with E-state index in [1.165, 1.54) is 0 Å². The van der Waals surface area contributed by atoms with Gasteiger partial charge in [-0.25, -0.2) is 4.79 Å². The highest BCUT2D eigenvalue weighted by molar-refractivity contribution is 9.10. The van der Waals surface area contributed by atoms with Gasteiger partial charge in [0.15, 0.2) is 0 Å². The number of ether oxygens (including phenoxy) is 1. The zero-order valence-electron chi connectivity index (χ0n) is 9.12. The maximum atomic E-state index is 11.8. The van der Waals surface area contributed by atoms with E-state index in [1.54, 1.807) is 31.3 Å². The summed E-state index contributed by atoms with van der Waals surface area (Å²) >= 11 is 3.15. The largest absolute Gasteiger partial charge is 0.462 e. The van der Waals surface area contributed by atoms with Crippen molar-refractivity contribution < 1.29 is 9.53 Å². The number of aromatic amines is 1. The molecule has 0 spiro atoms. The molecule has 2 rings (SSSR count). The normalized spacial score (nSPS) is 10.5. The summed E-state index contributed by atoms with van der Waals surface area (Å²) in [5.41, 5.74) is 0.940. The highest BCUT2D eigenvalue weighted by Gasteiger charge is 2.09. The standard InChI is InChI=1S/C12H10BrNO3/c1-2-17-12(16)7-3-4-8-10(5-7)14-6-9(13)11(8)15/h3-6H,2H2,1H3,(H,14,15). The molecule has 88 valence electrons. The average Bonchev–Trinajstić information content (AvgIpc) is 2.34. The highest BCUT2D eigenvalue weighted by Crippen LogP contribution is 2.14. The summed E-state index contributed by atoms with van der Waals surface area (Å²) in [6.45, 7) is 2.08. The van der Waals surface area contributed by atoms with Crippen molar-refractivity contribution in [3.05, 3.63) is 44.7 Å². The zero-order chi connectivity index (χ0) is 12.4. The fraction of sp³-hybridized carbons (Fsp3) is 0.167. The molecule has 0 fully saturated rings. The topological polar surface area (TPSA) is 59.2 Å². The lowest BCUT2D eigenvalue weighted by Gasteiger charge is -2.03. The van der Waals surface area contributed by atoms with E-state index in [2.05, 4.69) is 20.9 Å². The molecule has 0 aliphatic carbocycles. The van der Waals surface area contributed by atoms with E-state index in [0.29, 0.717) is 27.5 Å². The van der Waals surface area contributed by atoms with E-state index in [1.807, 2.05) is 0 Å². The molecule has 17 heavy (non-hydrogen) atoms. The molecule has 0 aliphatic heterocycles. The van der Waals surface area contributed by atoms with Gasteiger partial charge in [0.05, 0.1) is 22.2 Å².